The summed E-state index contributed by atoms with van der Waals surface area (Å²) in [5.41, 5.74) is -0.210. The maximum absolute atomic E-state index is 10.4. The molecule has 1 saturated heterocycles. The number of nitrogens with one attached hydrogen (secondary N) is 1. The summed E-state index contributed by atoms with van der Waals surface area (Å²) < 4.78 is 0. The van der Waals surface area contributed by atoms with E-state index >= 15 is 0 Å². The van der Waals surface area contributed by atoms with Crippen LogP contribution in [0.1, 0.15) is 43.4 Å². The van der Waals surface area contributed by atoms with Crippen LogP contribution in [0.4, 0.5) is 17.1 Å². The predicted molar refractivity (Wildman–Crippen MR) is 108 cm³/mol. The van der Waals surface area contributed by atoms with E-state index < -0.39 is 37.6 Å². The van der Waals surface area contributed by atoms with E-state index in [2.05, 4.69) is 43.4 Å². The number of aryl methyl sites for hydroxylation is 1. The highest BCUT2D eigenvalue weighted by atomic mass is 16.6. The van der Waals surface area contributed by atoms with Crippen molar-refractivity contribution in [2.24, 2.45) is 0 Å². The van der Waals surface area contributed by atoms with Gasteiger partial charge in [-0.25, -0.2) is 0 Å². The first kappa shape index (κ1) is 22.7. The van der Waals surface area contributed by atoms with Crippen LogP contribution in [0.5, 0.6) is 5.75 Å². The van der Waals surface area contributed by atoms with Crippen molar-refractivity contribution in [2.45, 2.75) is 45.2 Å². The lowest BCUT2D eigenvalue weighted by Crippen LogP contribution is -2.34. The van der Waals surface area contributed by atoms with Gasteiger partial charge in [0, 0.05) is 12.1 Å². The van der Waals surface area contributed by atoms with Gasteiger partial charge in [-0.1, -0.05) is 36.2 Å². The van der Waals surface area contributed by atoms with Crippen molar-refractivity contribution >= 4 is 17.1 Å². The van der Waals surface area contributed by atoms with E-state index in [4.69, 9.17) is 5.11 Å². The summed E-state index contributed by atoms with van der Waals surface area (Å²) in [6.45, 7) is 4.42. The first-order valence-electron chi connectivity index (χ1n) is 9.23. The van der Waals surface area contributed by atoms with Gasteiger partial charge in [0.25, 0.3) is 11.4 Å². The molecule has 1 heterocycles. The summed E-state index contributed by atoms with van der Waals surface area (Å²) in [5.74, 6) is -1.21. The van der Waals surface area contributed by atoms with Crippen LogP contribution in [0.15, 0.2) is 36.4 Å². The lowest BCUT2D eigenvalue weighted by molar-refractivity contribution is -0.404. The molecule has 1 fully saturated rings. The summed E-state index contributed by atoms with van der Waals surface area (Å²) in [4.78, 5) is 27.8. The van der Waals surface area contributed by atoms with Crippen LogP contribution in [0.25, 0.3) is 0 Å². The molecule has 0 radical (unpaired) electrons. The lowest BCUT2D eigenvalue weighted by atomic mass is 9.94. The van der Waals surface area contributed by atoms with Crippen molar-refractivity contribution in [1.29, 1.82) is 0 Å². The topological polar surface area (TPSA) is 162 Å². The van der Waals surface area contributed by atoms with Gasteiger partial charge < -0.3 is 10.4 Å². The van der Waals surface area contributed by atoms with Crippen molar-refractivity contribution in [2.75, 3.05) is 0 Å². The number of piperidine rings is 1. The van der Waals surface area contributed by atoms with Crippen LogP contribution < -0.4 is 5.32 Å². The zero-order valence-electron chi connectivity index (χ0n) is 16.5. The molecule has 0 spiro atoms. The number of phenolic OH excluding ortho intramolecular Hbond substituents is 1. The van der Waals surface area contributed by atoms with Crippen LogP contribution >= 0.6 is 0 Å². The maximum Gasteiger partial charge on any atom is 0.324 e. The molecule has 1 aliphatic rings. The number of phenols is 1. The van der Waals surface area contributed by atoms with Gasteiger partial charge in [0.15, 0.2) is 0 Å². The Morgan fingerprint density at radius 1 is 0.933 bits per heavy atom. The molecule has 2 unspecified atom stereocenters. The SMILES string of the molecule is Cc1ccc(C2CCCC(C)N2)cc1.O=[N+]([O-])c1cc([N+](=O)[O-])c(O)c([N+](=O)[O-])c1. The third-order valence-electron chi connectivity index (χ3n) is 4.75. The fraction of sp³-hybridized carbons (Fsp3) is 0.368. The van der Waals surface area contributed by atoms with E-state index in [1.165, 1.54) is 30.4 Å². The third-order valence-corrected chi connectivity index (χ3v) is 4.75. The molecule has 0 bridgehead atoms. The number of benzene rings is 2. The summed E-state index contributed by atoms with van der Waals surface area (Å²) in [5, 5.41) is 43.9. The van der Waals surface area contributed by atoms with Gasteiger partial charge in [-0.3, -0.25) is 30.3 Å². The number of nitro benzene ring substituents is 3. The average molecular weight is 418 g/mol. The lowest BCUT2D eigenvalue weighted by Gasteiger charge is -2.29. The number of nitrogens with zero attached hydrogens (tertiary/aromatic N) is 3. The van der Waals surface area contributed by atoms with E-state index in [0.29, 0.717) is 24.2 Å². The Kier molecular flexibility index (Phi) is 7.37. The molecule has 160 valence electrons. The quantitative estimate of drug-likeness (QED) is 0.548. The number of non-ortho nitro benzene ring substituents is 1. The fourth-order valence-corrected chi connectivity index (χ4v) is 3.17. The van der Waals surface area contributed by atoms with Crippen molar-refractivity contribution < 1.29 is 19.9 Å². The first-order valence-corrected chi connectivity index (χ1v) is 9.23. The largest absolute Gasteiger partial charge is 0.497 e. The summed E-state index contributed by atoms with van der Waals surface area (Å²) in [6.07, 6.45) is 3.96. The number of nitro groups is 3. The van der Waals surface area contributed by atoms with E-state index in [1.807, 2.05) is 0 Å². The highest BCUT2D eigenvalue weighted by Gasteiger charge is 2.30. The van der Waals surface area contributed by atoms with Gasteiger partial charge in [-0.15, -0.1) is 0 Å². The summed E-state index contributed by atoms with van der Waals surface area (Å²) >= 11 is 0. The van der Waals surface area contributed by atoms with Crippen molar-refractivity contribution in [1.82, 2.24) is 5.32 Å². The fourth-order valence-electron chi connectivity index (χ4n) is 3.17. The van der Waals surface area contributed by atoms with Gasteiger partial charge in [0.1, 0.15) is 0 Å². The first-order chi connectivity index (χ1) is 14.1. The minimum absolute atomic E-state index is 0.447. The zero-order chi connectivity index (χ0) is 22.4. The number of rotatable bonds is 4. The molecule has 0 aliphatic carbocycles. The standard InChI is InChI=1S/C13H19N.C6H3N3O7/c1-10-6-8-12(9-7-10)13-5-3-4-11(2)14-13;10-6-4(8(13)14)1-3(7(11)12)2-5(6)9(15)16/h6-9,11,13-14H,3-5H2,1-2H3;1-2,10H. The highest BCUT2D eigenvalue weighted by Crippen LogP contribution is 2.38. The smallest absolute Gasteiger partial charge is 0.324 e. The Morgan fingerprint density at radius 3 is 1.90 bits per heavy atom. The molecule has 0 aromatic heterocycles. The minimum atomic E-state index is -1.21. The normalized spacial score (nSPS) is 18.1. The molecule has 2 aromatic rings. The molecule has 1 aliphatic heterocycles. The summed E-state index contributed by atoms with van der Waals surface area (Å²) in [7, 11) is 0. The third kappa shape index (κ3) is 5.70. The molecule has 11 heteroatoms. The van der Waals surface area contributed by atoms with Crippen molar-refractivity contribution in [3.05, 3.63) is 77.9 Å². The number of hydrogen-bond acceptors (Lipinski definition) is 8. The Bertz CT molecular complexity index is 911. The highest BCUT2D eigenvalue weighted by molar-refractivity contribution is 5.64. The predicted octanol–water partition coefficient (Wildman–Crippen LogP) is 4.31. The molecule has 2 N–H and O–H groups in total. The summed E-state index contributed by atoms with van der Waals surface area (Å²) in [6, 6.07) is 11.1. The van der Waals surface area contributed by atoms with Gasteiger partial charge >= 0.3 is 11.4 Å². The second kappa shape index (κ2) is 9.74. The zero-order valence-corrected chi connectivity index (χ0v) is 16.5. The average Bonchev–Trinajstić information content (AvgIpc) is 2.68. The Hall–Kier alpha value is -3.60. The second-order valence-electron chi connectivity index (χ2n) is 7.07. The van der Waals surface area contributed by atoms with E-state index in [9.17, 15) is 30.3 Å². The van der Waals surface area contributed by atoms with Gasteiger partial charge in [0.05, 0.1) is 26.9 Å². The van der Waals surface area contributed by atoms with E-state index in [-0.39, 0.29) is 0 Å². The number of hydrogen-bond donors (Lipinski definition) is 2. The van der Waals surface area contributed by atoms with Crippen LogP contribution in [0.3, 0.4) is 0 Å². The molecule has 2 atom stereocenters. The minimum Gasteiger partial charge on any atom is -0.497 e. The van der Waals surface area contributed by atoms with Gasteiger partial charge in [-0.2, -0.15) is 0 Å². The second-order valence-corrected chi connectivity index (χ2v) is 7.07. The van der Waals surface area contributed by atoms with Crippen LogP contribution in [0.2, 0.25) is 0 Å². The van der Waals surface area contributed by atoms with Crippen LogP contribution in [-0.2, 0) is 0 Å². The van der Waals surface area contributed by atoms with E-state index in [1.54, 1.807) is 0 Å². The molecule has 11 nitrogen and oxygen atoms in total. The Balaban J connectivity index is 0.000000215. The Labute approximate surface area is 171 Å². The number of aromatic hydroxyl groups is 1. The monoisotopic (exact) mass is 418 g/mol. The molecular formula is C19H22N4O7. The molecule has 2 aromatic carbocycles. The van der Waals surface area contributed by atoms with Crippen molar-refractivity contribution in [3.63, 3.8) is 0 Å². The maximum atomic E-state index is 10.4. The molecular weight excluding hydrogens is 396 g/mol. The van der Waals surface area contributed by atoms with Crippen LogP contribution in [0, 0.1) is 37.3 Å². The van der Waals surface area contributed by atoms with Gasteiger partial charge in [-0.05, 0) is 32.3 Å². The molecule has 0 amide bonds. The van der Waals surface area contributed by atoms with E-state index in [0.717, 1.165) is 0 Å². The molecule has 3 rings (SSSR count). The molecule has 30 heavy (non-hydrogen) atoms. The van der Waals surface area contributed by atoms with Crippen LogP contribution in [-0.4, -0.2) is 25.9 Å². The van der Waals surface area contributed by atoms with Crippen molar-refractivity contribution in [3.8, 4) is 5.75 Å². The Morgan fingerprint density at radius 2 is 1.47 bits per heavy atom. The molecule has 0 saturated carbocycles. The van der Waals surface area contributed by atoms with Gasteiger partial charge in [0.2, 0.25) is 0 Å².